The molecule has 0 bridgehead atoms. The van der Waals surface area contributed by atoms with Crippen molar-refractivity contribution >= 4 is 22.4 Å². The van der Waals surface area contributed by atoms with Gasteiger partial charge in [-0.3, -0.25) is 9.69 Å². The van der Waals surface area contributed by atoms with Crippen molar-refractivity contribution in [3.63, 3.8) is 0 Å². The van der Waals surface area contributed by atoms with Crippen molar-refractivity contribution in [1.82, 2.24) is 19.9 Å². The average Bonchev–Trinajstić information content (AvgIpc) is 2.96. The van der Waals surface area contributed by atoms with E-state index in [9.17, 15) is 9.18 Å². The summed E-state index contributed by atoms with van der Waals surface area (Å²) in [5.74, 6) is -0.429. The van der Waals surface area contributed by atoms with E-state index in [2.05, 4.69) is 39.0 Å². The van der Waals surface area contributed by atoms with Gasteiger partial charge in [-0.15, -0.1) is 0 Å². The molecule has 0 radical (unpaired) electrons. The van der Waals surface area contributed by atoms with Crippen LogP contribution in [0.25, 0.3) is 0 Å². The molecule has 1 aliphatic heterocycles. The number of nitrogens with zero attached hydrogens (tertiary/aromatic N) is 5. The first-order valence-corrected chi connectivity index (χ1v) is 9.65. The zero-order valence-electron chi connectivity index (χ0n) is 15.9. The summed E-state index contributed by atoms with van der Waals surface area (Å²) in [5.41, 5.74) is 0.0146. The minimum Gasteiger partial charge on any atom is -0.473 e. The molecule has 1 fully saturated rings. The van der Waals surface area contributed by atoms with Gasteiger partial charge in [-0.2, -0.15) is 14.6 Å². The topological polar surface area (TPSA) is 104 Å². The maximum atomic E-state index is 14.2. The first-order chi connectivity index (χ1) is 13.3. The normalized spacial score (nSPS) is 19.0. The summed E-state index contributed by atoms with van der Waals surface area (Å²) in [7, 11) is 0. The Morgan fingerprint density at radius 2 is 2.29 bits per heavy atom. The van der Waals surface area contributed by atoms with Gasteiger partial charge < -0.3 is 10.1 Å². The van der Waals surface area contributed by atoms with E-state index in [4.69, 9.17) is 10.00 Å². The Morgan fingerprint density at radius 1 is 1.50 bits per heavy atom. The summed E-state index contributed by atoms with van der Waals surface area (Å²) in [6.45, 7) is 6.67. The Balaban J connectivity index is 1.62. The second kappa shape index (κ2) is 8.16. The lowest BCUT2D eigenvalue weighted by Crippen LogP contribution is -2.52. The number of hydrogen-bond donors (Lipinski definition) is 1. The van der Waals surface area contributed by atoms with Crippen LogP contribution in [0.3, 0.4) is 0 Å². The van der Waals surface area contributed by atoms with Crippen LogP contribution in [0.2, 0.25) is 0 Å². The molecule has 1 N–H and O–H groups in total. The summed E-state index contributed by atoms with van der Waals surface area (Å²) in [6, 6.07) is 1.92. The van der Waals surface area contributed by atoms with E-state index < -0.39 is 5.95 Å². The fraction of sp³-hybridized carbons (Fsp3) is 0.500. The fourth-order valence-electron chi connectivity index (χ4n) is 3.20. The van der Waals surface area contributed by atoms with Gasteiger partial charge in [0.15, 0.2) is 10.8 Å². The zero-order valence-corrected chi connectivity index (χ0v) is 16.7. The summed E-state index contributed by atoms with van der Waals surface area (Å²) in [6.07, 6.45) is 4.27. The van der Waals surface area contributed by atoms with Gasteiger partial charge in [0.05, 0.1) is 17.3 Å². The van der Waals surface area contributed by atoms with Crippen molar-refractivity contribution in [1.29, 1.82) is 5.26 Å². The predicted molar refractivity (Wildman–Crippen MR) is 101 cm³/mol. The number of piperidine rings is 1. The highest BCUT2D eigenvalue weighted by atomic mass is 32.1. The van der Waals surface area contributed by atoms with Crippen LogP contribution < -0.4 is 10.1 Å². The number of carbonyl (C=O) groups is 1. The minimum atomic E-state index is -0.546. The van der Waals surface area contributed by atoms with Crippen LogP contribution in [0.5, 0.6) is 5.88 Å². The van der Waals surface area contributed by atoms with Crippen LogP contribution in [0.4, 0.5) is 9.52 Å². The zero-order chi connectivity index (χ0) is 20.3. The first-order valence-electron chi connectivity index (χ1n) is 8.83. The number of likely N-dealkylation sites (tertiary alicyclic amines) is 1. The van der Waals surface area contributed by atoms with Gasteiger partial charge >= 0.3 is 0 Å². The second-order valence-corrected chi connectivity index (χ2v) is 8.32. The van der Waals surface area contributed by atoms with E-state index >= 15 is 0 Å². The van der Waals surface area contributed by atoms with E-state index in [1.54, 1.807) is 0 Å². The SMILES string of the molecule is CC(=O)Nc1nc(F)c(CN2CC[C@H](Oc3cnc(C#N)cn3)CC2(C)C)s1. The Morgan fingerprint density at radius 3 is 2.89 bits per heavy atom. The molecular weight excluding hydrogens is 383 g/mol. The summed E-state index contributed by atoms with van der Waals surface area (Å²) < 4.78 is 20.1. The lowest BCUT2D eigenvalue weighted by Gasteiger charge is -2.45. The van der Waals surface area contributed by atoms with Gasteiger partial charge in [-0.05, 0) is 20.3 Å². The van der Waals surface area contributed by atoms with Crippen LogP contribution >= 0.6 is 11.3 Å². The summed E-state index contributed by atoms with van der Waals surface area (Å²) in [4.78, 5) is 25.7. The van der Waals surface area contributed by atoms with Crippen molar-refractivity contribution in [2.45, 2.75) is 51.8 Å². The molecule has 2 aromatic heterocycles. The number of hydrogen-bond acceptors (Lipinski definition) is 8. The molecule has 1 atom stereocenters. The van der Waals surface area contributed by atoms with Gasteiger partial charge in [0, 0.05) is 32.0 Å². The van der Waals surface area contributed by atoms with Gasteiger partial charge in [-0.1, -0.05) is 11.3 Å². The van der Waals surface area contributed by atoms with Crippen molar-refractivity contribution in [3.05, 3.63) is 28.9 Å². The van der Waals surface area contributed by atoms with E-state index in [-0.39, 0.29) is 28.4 Å². The first kappa shape index (κ1) is 20.1. The number of aromatic nitrogens is 3. The van der Waals surface area contributed by atoms with Crippen molar-refractivity contribution in [3.8, 4) is 11.9 Å². The molecule has 1 saturated heterocycles. The van der Waals surface area contributed by atoms with Crippen LogP contribution in [-0.4, -0.2) is 43.9 Å². The minimum absolute atomic E-state index is 0.0465. The van der Waals surface area contributed by atoms with Crippen molar-refractivity contribution in [2.75, 3.05) is 11.9 Å². The third-order valence-electron chi connectivity index (χ3n) is 4.60. The molecule has 3 rings (SSSR count). The molecule has 0 saturated carbocycles. The van der Waals surface area contributed by atoms with Crippen LogP contribution in [0, 0.1) is 17.3 Å². The Labute approximate surface area is 166 Å². The van der Waals surface area contributed by atoms with Crippen molar-refractivity contribution < 1.29 is 13.9 Å². The third kappa shape index (κ3) is 4.79. The molecular formula is C18H21FN6O2S. The number of rotatable bonds is 5. The van der Waals surface area contributed by atoms with Crippen LogP contribution in [0.1, 0.15) is 44.2 Å². The number of carbonyl (C=O) groups excluding carboxylic acids is 1. The largest absolute Gasteiger partial charge is 0.473 e. The Bertz CT molecular complexity index is 892. The van der Waals surface area contributed by atoms with Crippen molar-refractivity contribution in [2.24, 2.45) is 0 Å². The Hall–Kier alpha value is -2.64. The molecule has 1 aliphatic rings. The lowest BCUT2D eigenvalue weighted by atomic mass is 9.88. The molecule has 148 valence electrons. The van der Waals surface area contributed by atoms with E-state index in [1.807, 2.05) is 6.07 Å². The maximum Gasteiger partial charge on any atom is 0.232 e. The number of anilines is 1. The molecule has 0 spiro atoms. The standard InChI is InChI=1S/C18H21FN6O2S/c1-11(26)23-17-24-16(19)14(28-17)10-25-5-4-13(6-18(25,2)3)27-15-9-21-12(7-20)8-22-15/h8-9,13H,4-6,10H2,1-3H3,(H,23,24,26)/t13-/m0/s1. The number of halogens is 1. The molecule has 28 heavy (non-hydrogen) atoms. The molecule has 0 aromatic carbocycles. The molecule has 10 heteroatoms. The molecule has 3 heterocycles. The van der Waals surface area contributed by atoms with E-state index in [1.165, 1.54) is 19.3 Å². The predicted octanol–water partition coefficient (Wildman–Crippen LogP) is 2.72. The van der Waals surface area contributed by atoms with Crippen LogP contribution in [0.15, 0.2) is 12.4 Å². The Kier molecular flexibility index (Phi) is 5.86. The highest BCUT2D eigenvalue weighted by molar-refractivity contribution is 7.15. The molecule has 1 amide bonds. The molecule has 0 aliphatic carbocycles. The van der Waals surface area contributed by atoms with Gasteiger partial charge in [0.1, 0.15) is 12.2 Å². The number of nitriles is 1. The number of thiazole rings is 1. The molecule has 0 unspecified atom stereocenters. The monoisotopic (exact) mass is 404 g/mol. The van der Waals surface area contributed by atoms with E-state index in [0.717, 1.165) is 24.2 Å². The highest BCUT2D eigenvalue weighted by Crippen LogP contribution is 2.33. The smallest absolute Gasteiger partial charge is 0.232 e. The van der Waals surface area contributed by atoms with Gasteiger partial charge in [-0.25, -0.2) is 9.97 Å². The fourth-order valence-corrected chi connectivity index (χ4v) is 4.10. The molecule has 2 aromatic rings. The molecule has 8 nitrogen and oxygen atoms in total. The quantitative estimate of drug-likeness (QED) is 0.817. The van der Waals surface area contributed by atoms with Gasteiger partial charge in [0.2, 0.25) is 17.7 Å². The third-order valence-corrected chi connectivity index (χ3v) is 5.53. The number of nitrogens with one attached hydrogen (secondary N) is 1. The number of ether oxygens (including phenoxy) is 1. The maximum absolute atomic E-state index is 14.2. The highest BCUT2D eigenvalue weighted by Gasteiger charge is 2.36. The van der Waals surface area contributed by atoms with E-state index in [0.29, 0.717) is 23.8 Å². The average molecular weight is 404 g/mol. The van der Waals surface area contributed by atoms with Crippen LogP contribution in [-0.2, 0) is 11.3 Å². The summed E-state index contributed by atoms with van der Waals surface area (Å²) >= 11 is 1.15. The number of amides is 1. The second-order valence-electron chi connectivity index (χ2n) is 7.23. The lowest BCUT2D eigenvalue weighted by molar-refractivity contribution is -0.114. The van der Waals surface area contributed by atoms with Gasteiger partial charge in [0.25, 0.3) is 0 Å². The summed E-state index contributed by atoms with van der Waals surface area (Å²) in [5, 5.41) is 11.6.